The number of aryl methyl sites for hydroxylation is 4. The van der Waals surface area contributed by atoms with Gasteiger partial charge in [-0.05, 0) is 160 Å². The van der Waals surface area contributed by atoms with E-state index in [9.17, 15) is 53.9 Å². The van der Waals surface area contributed by atoms with Crippen LogP contribution in [-0.4, -0.2) is 182 Å². The van der Waals surface area contributed by atoms with Crippen molar-refractivity contribution in [2.24, 2.45) is 12.5 Å². The zero-order valence-electron chi connectivity index (χ0n) is 68.7. The minimum atomic E-state index is -4.55. The highest BCUT2D eigenvalue weighted by Gasteiger charge is 2.50. The lowest BCUT2D eigenvalue weighted by atomic mass is 9.73. The minimum absolute atomic E-state index is 0.0677. The molecule has 4 saturated heterocycles. The number of rotatable bonds is 12. The molecule has 4 fully saturated rings. The van der Waals surface area contributed by atoms with Crippen LogP contribution >= 0.6 is 11.6 Å². The van der Waals surface area contributed by atoms with Gasteiger partial charge in [0.1, 0.15) is 17.5 Å². The number of alkyl halides is 9. The highest BCUT2D eigenvalue weighted by molar-refractivity contribution is 6.31. The highest BCUT2D eigenvalue weighted by atomic mass is 35.5. The molecule has 638 valence electrons. The number of hydrogen-bond acceptors (Lipinski definition) is 17. The number of hydrogen-bond donors (Lipinski definition) is 7. The maximum Gasteiger partial charge on any atom is 0.416 e. The van der Waals surface area contributed by atoms with Gasteiger partial charge in [0.15, 0.2) is 0 Å². The molecule has 124 heavy (non-hydrogen) atoms. The Kier molecular flexibility index (Phi) is 25.6. The number of H-pyrrole nitrogens is 1. The number of nitrogen functional groups attached to an aromatic ring is 3. The van der Waals surface area contributed by atoms with Crippen LogP contribution in [0.3, 0.4) is 0 Å². The van der Waals surface area contributed by atoms with Gasteiger partial charge in [-0.1, -0.05) is 89.6 Å². The normalized spacial score (nSPS) is 15.2. The summed E-state index contributed by atoms with van der Waals surface area (Å²) in [5.74, 6) is 17.5. The van der Waals surface area contributed by atoms with Crippen molar-refractivity contribution in [2.75, 3.05) is 133 Å². The van der Waals surface area contributed by atoms with Crippen LogP contribution in [0.25, 0.3) is 32.6 Å². The molecule has 4 aliphatic rings. The summed E-state index contributed by atoms with van der Waals surface area (Å²) >= 11 is 6.18. The number of carbonyl (C=O) groups is 3. The molecule has 1 spiro atoms. The summed E-state index contributed by atoms with van der Waals surface area (Å²) in [6.45, 7) is 15.8. The number of nitrogens with zero attached hydrogens (tertiary/aromatic N) is 12. The Morgan fingerprint density at radius 3 is 1.25 bits per heavy atom. The first-order valence-corrected chi connectivity index (χ1v) is 40.0. The van der Waals surface area contributed by atoms with Crippen LogP contribution in [0.2, 0.25) is 5.02 Å². The van der Waals surface area contributed by atoms with Crippen molar-refractivity contribution in [3.63, 3.8) is 0 Å². The number of aromatic nitrogens is 7. The zero-order chi connectivity index (χ0) is 88.3. The van der Waals surface area contributed by atoms with Gasteiger partial charge in [-0.2, -0.15) is 49.7 Å². The fraction of sp³-hybridized carbons (Fsp3) is 0.283. The van der Waals surface area contributed by atoms with Crippen LogP contribution in [0.5, 0.6) is 0 Å². The van der Waals surface area contributed by atoms with E-state index in [0.29, 0.717) is 70.1 Å². The Morgan fingerprint density at radius 1 is 0.435 bits per heavy atom. The number of amides is 3. The second-order valence-electron chi connectivity index (χ2n) is 31.8. The van der Waals surface area contributed by atoms with E-state index >= 15 is 0 Å². The monoisotopic (exact) mass is 1710 g/mol. The minimum Gasteiger partial charge on any atom is -0.383 e. The van der Waals surface area contributed by atoms with Crippen LogP contribution in [0.1, 0.15) is 115 Å². The molecule has 9 heterocycles. The lowest BCUT2D eigenvalue weighted by Crippen LogP contribution is -2.70. The summed E-state index contributed by atoms with van der Waals surface area (Å²) in [5, 5.41) is 22.5. The molecule has 0 atom stereocenters. The first-order valence-electron chi connectivity index (χ1n) is 39.6. The molecule has 10 N–H and O–H groups in total. The second kappa shape index (κ2) is 36.3. The van der Waals surface area contributed by atoms with Crippen molar-refractivity contribution < 1.29 is 53.9 Å². The Morgan fingerprint density at radius 2 is 0.831 bits per heavy atom. The zero-order valence-corrected chi connectivity index (χ0v) is 69.5. The third kappa shape index (κ3) is 20.5. The molecule has 0 saturated carbocycles. The fourth-order valence-corrected chi connectivity index (χ4v) is 15.7. The third-order valence-electron chi connectivity index (χ3n) is 22.4. The summed E-state index contributed by atoms with van der Waals surface area (Å²) in [4.78, 5) is 64.4. The average molecular weight is 1710 g/mol. The summed E-state index contributed by atoms with van der Waals surface area (Å²) in [6, 6.07) is 32.1. The molecule has 0 unspecified atom stereocenters. The SMILES string of the molecule is Cc1ccc(C(=O)Nc2ccc(CN3CC4(CN(C)C4)C3)c(C(F)(F)F)c2)cc1C#Cc1c(N)ncc2ccc(Cl)cc12.Cc1ccc(C(=O)Nc2ccc(CN3CCN(C)CC3)c(C(F)(F)F)c2)cc1C#Cc1c(N)ncc2[nH]ncc12.Cc1ccc(C(=O)Nc2ccc(CN3CCN(C)CC3)c(C(F)(F)F)c2)cc1C#Cc1c(N)ncc2c1cnn2C. The molecule has 4 aliphatic heterocycles. The predicted molar refractivity (Wildman–Crippen MR) is 463 cm³/mol. The number of pyridine rings is 3. The van der Waals surface area contributed by atoms with Gasteiger partial charge in [-0.15, -0.1) is 0 Å². The van der Waals surface area contributed by atoms with Gasteiger partial charge in [0.25, 0.3) is 17.7 Å². The Balaban J connectivity index is 0.000000151. The van der Waals surface area contributed by atoms with Crippen LogP contribution in [0, 0.1) is 61.7 Å². The number of fused-ring (bicyclic) bond motifs is 3. The number of halogens is 10. The maximum absolute atomic E-state index is 14.0. The topological polar surface area (TPSA) is 270 Å². The van der Waals surface area contributed by atoms with Gasteiger partial charge in [-0.3, -0.25) is 38.9 Å². The van der Waals surface area contributed by atoms with Crippen LogP contribution in [0.15, 0.2) is 158 Å². The van der Waals surface area contributed by atoms with Gasteiger partial charge in [0, 0.05) is 194 Å². The molecule has 22 nitrogen and oxygen atoms in total. The molecule has 12 aromatic rings. The van der Waals surface area contributed by atoms with Crippen molar-refractivity contribution in [2.45, 2.75) is 58.9 Å². The second-order valence-corrected chi connectivity index (χ2v) is 32.3. The number of likely N-dealkylation sites (N-methyl/N-ethyl adjacent to an activating group) is 2. The summed E-state index contributed by atoms with van der Waals surface area (Å²) in [6.07, 6.45) is -5.53. The number of anilines is 6. The third-order valence-corrected chi connectivity index (χ3v) is 22.7. The van der Waals surface area contributed by atoms with E-state index in [1.54, 1.807) is 109 Å². The lowest BCUT2D eigenvalue weighted by Gasteiger charge is -2.59. The molecule has 5 aromatic heterocycles. The number of likely N-dealkylation sites (tertiary alicyclic amines) is 2. The standard InChI is InChI=1S/C33H29ClF3N5O.C30H30F3N7O.C29H28F3N7O/c1-20-3-4-22(11-21(20)7-10-27-28-12-25(34)8-5-23(28)14-39-30(27)38)31(43)40-26-9-6-24(29(13-26)33(35,36)37)15-42-18-32(19-42)16-41(2)17-32;1-19-4-5-21(14-20(19)7-9-24-25-16-36-39(3)27(25)17-35-28(24)34)29(41)37-23-8-6-22(26(15-23)30(31,32)33)18-40-12-10-38(2)11-13-40;1-18-3-4-20(13-19(18)6-8-23-24-15-35-37-26(24)16-34-27(23)33)28(40)36-22-7-5-21(25(14-22)29(30,31)32)17-39-11-9-38(2)10-12-39/h3-6,8-9,11-14H,15-19H2,1-2H3,(H2,38,39)(H,40,43);4-6,8,14-17H,10-13,18H2,1-3H3,(H2,34,35)(H,37,41);3-5,7,13-16H,9-12,17H2,1-2H3,(H2,33,34)(H,35,37)(H,36,40). The van der Waals surface area contributed by atoms with Crippen LogP contribution < -0.4 is 33.2 Å². The molecular weight excluding hydrogens is 1630 g/mol. The summed E-state index contributed by atoms with van der Waals surface area (Å²) < 4.78 is 128. The molecule has 3 amide bonds. The fourth-order valence-electron chi connectivity index (χ4n) is 15.6. The number of piperazine rings is 2. The Labute approximate surface area is 714 Å². The summed E-state index contributed by atoms with van der Waals surface area (Å²) in [7, 11) is 7.83. The van der Waals surface area contributed by atoms with Crippen LogP contribution in [-0.2, 0) is 45.2 Å². The molecule has 0 aliphatic carbocycles. The van der Waals surface area contributed by atoms with Gasteiger partial charge in [0.2, 0.25) is 0 Å². The smallest absolute Gasteiger partial charge is 0.383 e. The molecule has 7 aromatic carbocycles. The van der Waals surface area contributed by atoms with Gasteiger partial charge < -0.3 is 47.9 Å². The van der Waals surface area contributed by atoms with E-state index in [2.05, 4.69) is 96.4 Å². The van der Waals surface area contributed by atoms with E-state index in [1.807, 2.05) is 62.7 Å². The van der Waals surface area contributed by atoms with E-state index in [-0.39, 0.29) is 92.9 Å². The molecule has 0 radical (unpaired) electrons. The number of benzene rings is 7. The quantitative estimate of drug-likeness (QED) is 0.0442. The molecule has 16 rings (SSSR count). The molecule has 32 heteroatoms. The van der Waals surface area contributed by atoms with Crippen LogP contribution in [0.4, 0.5) is 74.0 Å². The molecule has 0 bridgehead atoms. The van der Waals surface area contributed by atoms with E-state index in [1.165, 1.54) is 36.4 Å². The Hall–Kier alpha value is -12.9. The first-order chi connectivity index (χ1) is 59.0. The largest absolute Gasteiger partial charge is 0.416 e. The Bertz CT molecular complexity index is 6310. The van der Waals surface area contributed by atoms with E-state index in [4.69, 9.17) is 28.8 Å². The van der Waals surface area contributed by atoms with Crippen molar-refractivity contribution in [1.82, 2.24) is 64.3 Å². The van der Waals surface area contributed by atoms with Crippen molar-refractivity contribution in [3.8, 4) is 35.5 Å². The molecular formula is C92H87ClF9N19O3. The average Bonchev–Trinajstić information content (AvgIpc) is 1.10. The van der Waals surface area contributed by atoms with Gasteiger partial charge in [0.05, 0.1) is 69.2 Å². The number of aromatic amines is 1. The summed E-state index contributed by atoms with van der Waals surface area (Å²) in [5.41, 5.74) is 25.0. The highest BCUT2D eigenvalue weighted by Crippen LogP contribution is 2.43. The van der Waals surface area contributed by atoms with Gasteiger partial charge in [-0.25, -0.2) is 15.0 Å². The van der Waals surface area contributed by atoms with Crippen molar-refractivity contribution in [3.05, 3.63) is 264 Å². The number of nitrogens with one attached hydrogen (secondary N) is 4. The van der Waals surface area contributed by atoms with Gasteiger partial charge >= 0.3 is 18.5 Å². The first kappa shape index (κ1) is 87.4. The van der Waals surface area contributed by atoms with E-state index < -0.39 is 52.9 Å². The maximum atomic E-state index is 14.0. The predicted octanol–water partition coefficient (Wildman–Crippen LogP) is 14.7. The number of nitrogens with two attached hydrogens (primary N) is 3. The number of carbonyl (C=O) groups excluding carboxylic acids is 3. The van der Waals surface area contributed by atoms with Crippen molar-refractivity contribution in [1.29, 1.82) is 0 Å². The van der Waals surface area contributed by atoms with E-state index in [0.717, 1.165) is 114 Å². The lowest BCUT2D eigenvalue weighted by molar-refractivity contribution is -0.140. The van der Waals surface area contributed by atoms with Crippen molar-refractivity contribution >= 4 is 96.4 Å².